The highest BCUT2D eigenvalue weighted by molar-refractivity contribution is 6.21. The van der Waals surface area contributed by atoms with E-state index in [1.165, 1.54) is 38.5 Å². The third-order valence-electron chi connectivity index (χ3n) is 11.1. The van der Waals surface area contributed by atoms with Crippen molar-refractivity contribution in [1.82, 2.24) is 9.13 Å². The van der Waals surface area contributed by atoms with Gasteiger partial charge in [-0.3, -0.25) is 0 Å². The number of para-hydroxylation sites is 2. The third-order valence-corrected chi connectivity index (χ3v) is 11.1. The Bertz CT molecular complexity index is 3140. The summed E-state index contributed by atoms with van der Waals surface area (Å²) in [7, 11) is 0. The Balaban J connectivity index is 1.28. The lowest BCUT2D eigenvalue weighted by Crippen LogP contribution is -2.14. The van der Waals surface area contributed by atoms with E-state index in [1.807, 2.05) is 24.3 Å². The zero-order chi connectivity index (χ0) is 33.3. The number of hydrogen-bond donors (Lipinski definition) is 0. The Labute approximate surface area is 287 Å². The smallest absolute Gasteiger partial charge is 0.344 e. The fourth-order valence-corrected chi connectivity index (χ4v) is 8.85. The summed E-state index contributed by atoms with van der Waals surface area (Å²) in [6.07, 6.45) is 0. The topological polar surface area (TPSA) is 40.1 Å². The van der Waals surface area contributed by atoms with E-state index in [1.54, 1.807) is 0 Å². The molecule has 0 amide bonds. The molecule has 0 saturated heterocycles. The second-order valence-electron chi connectivity index (χ2n) is 14.1. The maximum Gasteiger partial charge on any atom is 0.344 e. The molecular formula is C46H30N2O2. The summed E-state index contributed by atoms with van der Waals surface area (Å²) in [5, 5.41) is 6.96. The van der Waals surface area contributed by atoms with Gasteiger partial charge < -0.3 is 13.6 Å². The summed E-state index contributed by atoms with van der Waals surface area (Å²) in [5.41, 5.74) is 11.9. The van der Waals surface area contributed by atoms with Gasteiger partial charge >= 0.3 is 5.63 Å². The van der Waals surface area contributed by atoms with E-state index in [4.69, 9.17) is 4.42 Å². The van der Waals surface area contributed by atoms with Gasteiger partial charge in [0.25, 0.3) is 0 Å². The lowest BCUT2D eigenvalue weighted by Gasteiger charge is -2.21. The van der Waals surface area contributed by atoms with Crippen molar-refractivity contribution < 1.29 is 4.42 Å². The van der Waals surface area contributed by atoms with Crippen LogP contribution in [0, 0.1) is 0 Å². The molecule has 0 spiro atoms. The van der Waals surface area contributed by atoms with Crippen LogP contribution in [0.1, 0.15) is 25.0 Å². The number of aromatic nitrogens is 2. The molecule has 4 nitrogen and oxygen atoms in total. The summed E-state index contributed by atoms with van der Waals surface area (Å²) >= 11 is 0. The van der Waals surface area contributed by atoms with Crippen molar-refractivity contribution in [2.45, 2.75) is 19.3 Å². The minimum atomic E-state index is -0.323. The first kappa shape index (κ1) is 27.5. The highest BCUT2D eigenvalue weighted by atomic mass is 16.4. The standard InChI is InChI=1S/C46H30N2O2/c1-46(2)38-18-10-8-15-30(38)35-25-37-36-24-28(20-23-41(36)47(42(37)26-39(35)46)27-12-4-3-5-13-27)48-40-19-11-9-16-31(40)32-21-22-33-29-14-6-7-17-34(29)45(49)50-44(33)43(32)48/h3-26H,1-2H3. The molecule has 1 aliphatic rings. The van der Waals surface area contributed by atoms with Gasteiger partial charge in [0.1, 0.15) is 0 Å². The number of benzene rings is 7. The van der Waals surface area contributed by atoms with E-state index in [2.05, 4.69) is 144 Å². The average Bonchev–Trinajstić information content (AvgIpc) is 3.74. The molecule has 4 heteroatoms. The van der Waals surface area contributed by atoms with E-state index in [0.29, 0.717) is 11.0 Å². The first-order valence-corrected chi connectivity index (χ1v) is 17.2. The molecule has 0 fully saturated rings. The molecule has 0 unspecified atom stereocenters. The summed E-state index contributed by atoms with van der Waals surface area (Å²) in [6, 6.07) is 51.5. The predicted molar refractivity (Wildman–Crippen MR) is 206 cm³/mol. The molecule has 0 aliphatic heterocycles. The molecule has 10 aromatic rings. The van der Waals surface area contributed by atoms with E-state index < -0.39 is 0 Å². The van der Waals surface area contributed by atoms with Crippen LogP contribution in [-0.2, 0) is 5.41 Å². The van der Waals surface area contributed by atoms with Crippen molar-refractivity contribution in [2.75, 3.05) is 0 Å². The van der Waals surface area contributed by atoms with Crippen molar-refractivity contribution in [3.05, 3.63) is 167 Å². The van der Waals surface area contributed by atoms with Gasteiger partial charge in [-0.2, -0.15) is 0 Å². The van der Waals surface area contributed by atoms with Crippen LogP contribution in [0.3, 0.4) is 0 Å². The molecule has 0 N–H and O–H groups in total. The number of fused-ring (bicyclic) bond motifs is 13. The molecular weight excluding hydrogens is 613 g/mol. The van der Waals surface area contributed by atoms with Gasteiger partial charge in [-0.25, -0.2) is 4.79 Å². The summed E-state index contributed by atoms with van der Waals surface area (Å²) in [6.45, 7) is 4.68. The first-order valence-electron chi connectivity index (χ1n) is 17.2. The molecule has 3 aromatic heterocycles. The van der Waals surface area contributed by atoms with Crippen LogP contribution in [0.2, 0.25) is 0 Å². The van der Waals surface area contributed by atoms with E-state index in [0.717, 1.165) is 49.5 Å². The quantitative estimate of drug-likeness (QED) is 0.139. The molecule has 7 aromatic carbocycles. The number of nitrogens with zero attached hydrogens (tertiary/aromatic N) is 2. The Kier molecular flexibility index (Phi) is 5.30. The van der Waals surface area contributed by atoms with Crippen LogP contribution in [0.5, 0.6) is 0 Å². The molecule has 50 heavy (non-hydrogen) atoms. The fraction of sp³-hybridized carbons (Fsp3) is 0.0652. The molecule has 0 radical (unpaired) electrons. The zero-order valence-electron chi connectivity index (χ0n) is 27.6. The van der Waals surface area contributed by atoms with Crippen molar-refractivity contribution >= 4 is 65.4 Å². The van der Waals surface area contributed by atoms with Crippen molar-refractivity contribution in [2.24, 2.45) is 0 Å². The van der Waals surface area contributed by atoms with Crippen molar-refractivity contribution in [1.29, 1.82) is 0 Å². The van der Waals surface area contributed by atoms with Crippen LogP contribution < -0.4 is 5.63 Å². The molecule has 0 atom stereocenters. The van der Waals surface area contributed by atoms with Gasteiger partial charge in [-0.1, -0.05) is 98.8 Å². The number of rotatable bonds is 2. The van der Waals surface area contributed by atoms with Gasteiger partial charge in [0, 0.05) is 43.7 Å². The highest BCUT2D eigenvalue weighted by Gasteiger charge is 2.36. The minimum absolute atomic E-state index is 0.110. The molecule has 236 valence electrons. The van der Waals surface area contributed by atoms with Crippen LogP contribution >= 0.6 is 0 Å². The SMILES string of the molecule is CC1(C)c2ccccc2-c2cc3c4cc(-n5c6ccccc6c6ccc7c8ccccc8c(=O)oc7c65)ccc4n(-c4ccccc4)c3cc21. The summed E-state index contributed by atoms with van der Waals surface area (Å²) < 4.78 is 10.9. The van der Waals surface area contributed by atoms with Crippen molar-refractivity contribution in [3.63, 3.8) is 0 Å². The molecule has 0 saturated carbocycles. The fourth-order valence-electron chi connectivity index (χ4n) is 8.85. The second-order valence-corrected chi connectivity index (χ2v) is 14.1. The second kappa shape index (κ2) is 9.61. The Hall–Kier alpha value is -6.39. The van der Waals surface area contributed by atoms with Gasteiger partial charge in [0.15, 0.2) is 5.58 Å². The van der Waals surface area contributed by atoms with E-state index in [9.17, 15) is 4.79 Å². The molecule has 11 rings (SSSR count). The highest BCUT2D eigenvalue weighted by Crippen LogP contribution is 2.51. The minimum Gasteiger partial charge on any atom is -0.420 e. The van der Waals surface area contributed by atoms with Crippen molar-refractivity contribution in [3.8, 4) is 22.5 Å². The van der Waals surface area contributed by atoms with Crippen LogP contribution in [-0.4, -0.2) is 9.13 Å². The third kappa shape index (κ3) is 3.47. The van der Waals surface area contributed by atoms with E-state index >= 15 is 0 Å². The van der Waals surface area contributed by atoms with Gasteiger partial charge in [-0.15, -0.1) is 0 Å². The zero-order valence-corrected chi connectivity index (χ0v) is 27.6. The van der Waals surface area contributed by atoms with Crippen LogP contribution in [0.25, 0.3) is 87.9 Å². The summed E-state index contributed by atoms with van der Waals surface area (Å²) in [5.74, 6) is 0. The Morgan fingerprint density at radius 3 is 2.00 bits per heavy atom. The lowest BCUT2D eigenvalue weighted by atomic mass is 9.82. The van der Waals surface area contributed by atoms with Crippen LogP contribution in [0.15, 0.2) is 155 Å². The molecule has 1 aliphatic carbocycles. The largest absolute Gasteiger partial charge is 0.420 e. The van der Waals surface area contributed by atoms with Gasteiger partial charge in [0.05, 0.1) is 27.5 Å². The van der Waals surface area contributed by atoms with E-state index in [-0.39, 0.29) is 11.0 Å². The monoisotopic (exact) mass is 642 g/mol. The lowest BCUT2D eigenvalue weighted by molar-refractivity contribution is 0.572. The Morgan fingerprint density at radius 1 is 0.460 bits per heavy atom. The van der Waals surface area contributed by atoms with Crippen LogP contribution in [0.4, 0.5) is 0 Å². The summed E-state index contributed by atoms with van der Waals surface area (Å²) in [4.78, 5) is 13.4. The number of hydrogen-bond acceptors (Lipinski definition) is 2. The normalized spacial score (nSPS) is 13.6. The van der Waals surface area contributed by atoms with Gasteiger partial charge in [0.2, 0.25) is 0 Å². The first-order chi connectivity index (χ1) is 24.5. The maximum atomic E-state index is 13.4. The predicted octanol–water partition coefficient (Wildman–Crippen LogP) is 11.4. The van der Waals surface area contributed by atoms with Gasteiger partial charge in [-0.05, 0) is 88.3 Å². The average molecular weight is 643 g/mol. The molecule has 3 heterocycles. The molecule has 0 bridgehead atoms. The maximum absolute atomic E-state index is 13.4. The Morgan fingerprint density at radius 2 is 1.14 bits per heavy atom.